The van der Waals surface area contributed by atoms with E-state index < -0.39 is 0 Å². The Hall–Kier alpha value is -9.26. The molecule has 75 heavy (non-hydrogen) atoms. The average molecular weight is 994 g/mol. The highest BCUT2D eigenvalue weighted by Crippen LogP contribution is 2.50. The van der Waals surface area contributed by atoms with E-state index in [1.165, 1.54) is 73.4 Å². The van der Waals surface area contributed by atoms with Gasteiger partial charge in [0.15, 0.2) is 0 Å². The lowest BCUT2D eigenvalue weighted by Gasteiger charge is -2.27. The Balaban J connectivity index is 0.984. The third kappa shape index (κ3) is 8.07. The monoisotopic (exact) mass is 993 g/mol. The molecule has 0 spiro atoms. The molecular weight excluding hydrogens is 947 g/mol. The van der Waals surface area contributed by atoms with Crippen LogP contribution in [0.4, 0.5) is 51.2 Å². The van der Waals surface area contributed by atoms with Gasteiger partial charge in [-0.05, 0) is 149 Å². The third-order valence-corrected chi connectivity index (χ3v) is 16.6. The van der Waals surface area contributed by atoms with Crippen LogP contribution in [0.15, 0.2) is 285 Å². The van der Waals surface area contributed by atoms with Crippen molar-refractivity contribution in [3.8, 4) is 22.3 Å². The van der Waals surface area contributed by atoms with Gasteiger partial charge < -0.3 is 14.7 Å². The van der Waals surface area contributed by atoms with Crippen molar-refractivity contribution < 1.29 is 0 Å². The summed E-state index contributed by atoms with van der Waals surface area (Å²) in [4.78, 5) is 7.23. The minimum absolute atomic E-state index is 1.08. The van der Waals surface area contributed by atoms with Gasteiger partial charge >= 0.3 is 0 Å². The van der Waals surface area contributed by atoms with Crippen molar-refractivity contribution in [1.29, 1.82) is 0 Å². The van der Waals surface area contributed by atoms with Gasteiger partial charge in [-0.15, -0.1) is 22.7 Å². The van der Waals surface area contributed by atoms with E-state index in [-0.39, 0.29) is 0 Å². The summed E-state index contributed by atoms with van der Waals surface area (Å²) >= 11 is 3.72. The molecule has 0 unspecified atom stereocenters. The number of hydrogen-bond donors (Lipinski definition) is 0. The molecule has 0 saturated carbocycles. The van der Waals surface area contributed by atoms with E-state index in [9.17, 15) is 0 Å². The molecule has 5 heteroatoms. The van der Waals surface area contributed by atoms with Gasteiger partial charge in [0.25, 0.3) is 0 Å². The highest BCUT2D eigenvalue weighted by molar-refractivity contribution is 7.26. The number of para-hydroxylation sites is 4. The molecule has 2 heterocycles. The number of hydrogen-bond acceptors (Lipinski definition) is 5. The summed E-state index contributed by atoms with van der Waals surface area (Å²) in [5.41, 5.74) is 14.8. The molecule has 0 aliphatic carbocycles. The molecule has 12 aromatic carbocycles. The molecule has 0 N–H and O–H groups in total. The SMILES string of the molecule is c1ccc(-c2ccc(N(c3ccc4sc5ccc(N(c6ccccc6)c6ccccc6)cc5c4c3)c3ccc4sc5cc(N(c6ccccc6)c6ccccc6)c6ccccc6c5c4c3)cc2-c2ccccc2)cc1. The Bertz CT molecular complexity index is 4270. The first kappa shape index (κ1) is 44.4. The summed E-state index contributed by atoms with van der Waals surface area (Å²) in [7, 11) is 0. The van der Waals surface area contributed by atoms with Gasteiger partial charge in [0.05, 0.1) is 5.69 Å². The van der Waals surface area contributed by atoms with E-state index >= 15 is 0 Å². The molecule has 0 radical (unpaired) electrons. The maximum absolute atomic E-state index is 2.47. The van der Waals surface area contributed by atoms with Crippen molar-refractivity contribution in [2.45, 2.75) is 0 Å². The Labute approximate surface area is 444 Å². The van der Waals surface area contributed by atoms with Gasteiger partial charge in [0.1, 0.15) is 0 Å². The summed E-state index contributed by atoms with van der Waals surface area (Å²) in [5, 5.41) is 7.41. The highest BCUT2D eigenvalue weighted by Gasteiger charge is 2.23. The topological polar surface area (TPSA) is 9.72 Å². The zero-order valence-corrected chi connectivity index (χ0v) is 42.4. The molecular formula is C70H47N3S2. The Morgan fingerprint density at radius 1 is 0.213 bits per heavy atom. The third-order valence-electron chi connectivity index (χ3n) is 14.4. The lowest BCUT2D eigenvalue weighted by molar-refractivity contribution is 1.29. The Kier molecular flexibility index (Phi) is 11.2. The van der Waals surface area contributed by atoms with Crippen molar-refractivity contribution in [3.63, 3.8) is 0 Å². The zero-order valence-electron chi connectivity index (χ0n) is 40.8. The summed E-state index contributed by atoms with van der Waals surface area (Å²) in [5.74, 6) is 0. The van der Waals surface area contributed by atoms with Crippen molar-refractivity contribution in [2.24, 2.45) is 0 Å². The molecule has 14 rings (SSSR count). The molecule has 14 aromatic rings. The molecule has 0 amide bonds. The summed E-state index contributed by atoms with van der Waals surface area (Å²) < 4.78 is 5.01. The molecule has 2 aromatic heterocycles. The molecule has 0 saturated heterocycles. The normalized spacial score (nSPS) is 11.5. The van der Waals surface area contributed by atoms with Gasteiger partial charge in [-0.3, -0.25) is 0 Å². The first-order valence-corrected chi connectivity index (χ1v) is 27.0. The fourth-order valence-corrected chi connectivity index (χ4v) is 13.2. The summed E-state index contributed by atoms with van der Waals surface area (Å²) in [6.45, 7) is 0. The van der Waals surface area contributed by atoms with Crippen LogP contribution in [0.1, 0.15) is 0 Å². The summed E-state index contributed by atoms with van der Waals surface area (Å²) in [6, 6.07) is 104. The van der Waals surface area contributed by atoms with Crippen LogP contribution in [-0.4, -0.2) is 0 Å². The van der Waals surface area contributed by atoms with Gasteiger partial charge in [0.2, 0.25) is 0 Å². The van der Waals surface area contributed by atoms with Crippen LogP contribution in [0.3, 0.4) is 0 Å². The van der Waals surface area contributed by atoms with E-state index in [0.29, 0.717) is 0 Å². The van der Waals surface area contributed by atoms with Crippen LogP contribution in [0.25, 0.3) is 73.4 Å². The second-order valence-electron chi connectivity index (χ2n) is 18.9. The van der Waals surface area contributed by atoms with Gasteiger partial charge in [-0.25, -0.2) is 0 Å². The van der Waals surface area contributed by atoms with Crippen molar-refractivity contribution in [2.75, 3.05) is 14.7 Å². The standard InChI is InChI=1S/C70H47N3S2/c1-7-21-48(22-8-1)58-39-35-54(43-61(58)49-23-9-2-10-24-49)72(56-37-41-67-63(45-56)62-44-55(36-40-66(62)74-67)71(50-25-11-3-12-26-50)51-27-13-4-14-28-51)57-38-42-68-64(46-57)70-60-34-20-19-33-59(60)65(47-69(70)75-68)73(52-29-15-5-16-30-52)53-31-17-6-18-32-53/h1-47H. The van der Waals surface area contributed by atoms with E-state index in [2.05, 4.69) is 300 Å². The lowest BCUT2D eigenvalue weighted by Crippen LogP contribution is -2.10. The minimum Gasteiger partial charge on any atom is -0.310 e. The first-order valence-electron chi connectivity index (χ1n) is 25.4. The van der Waals surface area contributed by atoms with Crippen LogP contribution in [0, 0.1) is 0 Å². The van der Waals surface area contributed by atoms with E-state index in [1.807, 2.05) is 22.7 Å². The molecule has 0 atom stereocenters. The number of fused-ring (bicyclic) bond motifs is 8. The molecule has 354 valence electrons. The molecule has 0 bridgehead atoms. The Morgan fingerprint density at radius 2 is 0.573 bits per heavy atom. The predicted octanol–water partition coefficient (Wildman–Crippen LogP) is 21.3. The van der Waals surface area contributed by atoms with Crippen LogP contribution >= 0.6 is 22.7 Å². The highest BCUT2D eigenvalue weighted by atomic mass is 32.1. The molecule has 0 aliphatic heterocycles. The zero-order chi connectivity index (χ0) is 49.7. The molecule has 3 nitrogen and oxygen atoms in total. The fraction of sp³-hybridized carbons (Fsp3) is 0. The second kappa shape index (κ2) is 19.0. The van der Waals surface area contributed by atoms with Gasteiger partial charge in [-0.1, -0.05) is 164 Å². The second-order valence-corrected chi connectivity index (χ2v) is 21.0. The van der Waals surface area contributed by atoms with Gasteiger partial charge in [-0.2, -0.15) is 0 Å². The summed E-state index contributed by atoms with van der Waals surface area (Å²) in [6.07, 6.45) is 0. The van der Waals surface area contributed by atoms with Gasteiger partial charge in [0, 0.05) is 91.2 Å². The first-order chi connectivity index (χ1) is 37.2. The lowest BCUT2D eigenvalue weighted by atomic mass is 9.93. The molecule has 0 aliphatic rings. The van der Waals surface area contributed by atoms with Crippen LogP contribution in [-0.2, 0) is 0 Å². The van der Waals surface area contributed by atoms with E-state index in [4.69, 9.17) is 0 Å². The number of anilines is 9. The van der Waals surface area contributed by atoms with Crippen molar-refractivity contribution in [1.82, 2.24) is 0 Å². The largest absolute Gasteiger partial charge is 0.310 e. The smallest absolute Gasteiger partial charge is 0.0554 e. The maximum atomic E-state index is 2.47. The van der Waals surface area contributed by atoms with Crippen molar-refractivity contribution >= 4 is 125 Å². The number of benzene rings is 12. The van der Waals surface area contributed by atoms with Crippen molar-refractivity contribution in [3.05, 3.63) is 285 Å². The fourth-order valence-electron chi connectivity index (χ4n) is 11.0. The van der Waals surface area contributed by atoms with E-state index in [1.54, 1.807) is 0 Å². The minimum atomic E-state index is 1.08. The number of thiophene rings is 2. The average Bonchev–Trinajstić information content (AvgIpc) is 4.04. The van der Waals surface area contributed by atoms with Crippen LogP contribution in [0.5, 0.6) is 0 Å². The predicted molar refractivity (Wildman–Crippen MR) is 325 cm³/mol. The van der Waals surface area contributed by atoms with Crippen LogP contribution in [0.2, 0.25) is 0 Å². The quantitative estimate of drug-likeness (QED) is 0.128. The number of rotatable bonds is 11. The van der Waals surface area contributed by atoms with E-state index in [0.717, 1.165) is 51.2 Å². The molecule has 0 fully saturated rings. The number of nitrogens with zero attached hydrogens (tertiary/aromatic N) is 3. The maximum Gasteiger partial charge on any atom is 0.0554 e. The Morgan fingerprint density at radius 3 is 1.08 bits per heavy atom. The van der Waals surface area contributed by atoms with Crippen LogP contribution < -0.4 is 14.7 Å².